The van der Waals surface area contributed by atoms with Crippen LogP contribution in [0.5, 0.6) is 0 Å². The molecule has 2 rings (SSSR count). The van der Waals surface area contributed by atoms with Crippen LogP contribution < -0.4 is 5.32 Å². The van der Waals surface area contributed by atoms with E-state index >= 15 is 0 Å². The van der Waals surface area contributed by atoms with Crippen LogP contribution in [0.25, 0.3) is 0 Å². The van der Waals surface area contributed by atoms with Gasteiger partial charge < -0.3 is 14.8 Å². The molecule has 1 heterocycles. The second-order valence-corrected chi connectivity index (χ2v) is 5.42. The molecule has 96 valence electrons. The molecule has 0 aromatic carbocycles. The van der Waals surface area contributed by atoms with E-state index in [0.717, 1.165) is 30.9 Å². The Morgan fingerprint density at radius 2 is 2.12 bits per heavy atom. The third-order valence-electron chi connectivity index (χ3n) is 3.97. The monoisotopic (exact) mass is 237 g/mol. The molecule has 2 N–H and O–H groups in total. The summed E-state index contributed by atoms with van der Waals surface area (Å²) in [6.07, 6.45) is 4.77. The third kappa shape index (κ3) is 2.90. The van der Waals surface area contributed by atoms with Gasteiger partial charge in [0, 0.05) is 18.6 Å². The smallest absolute Gasteiger partial charge is 0.120 e. The van der Waals surface area contributed by atoms with Crippen LogP contribution in [0.2, 0.25) is 0 Å². The van der Waals surface area contributed by atoms with E-state index < -0.39 is 0 Å². The number of aryl methyl sites for hydroxylation is 1. The number of aliphatic hydroxyl groups is 1. The number of nitrogens with one attached hydrogen (secondary N) is 1. The summed E-state index contributed by atoms with van der Waals surface area (Å²) in [5.41, 5.74) is 0.107. The summed E-state index contributed by atoms with van der Waals surface area (Å²) < 4.78 is 5.60. The third-order valence-corrected chi connectivity index (χ3v) is 3.97. The van der Waals surface area contributed by atoms with Gasteiger partial charge in [-0.25, -0.2) is 0 Å². The van der Waals surface area contributed by atoms with Gasteiger partial charge in [0.2, 0.25) is 0 Å². The summed E-state index contributed by atoms with van der Waals surface area (Å²) >= 11 is 0. The van der Waals surface area contributed by atoms with Gasteiger partial charge in [-0.1, -0.05) is 12.8 Å². The van der Waals surface area contributed by atoms with Crippen molar-refractivity contribution in [1.82, 2.24) is 5.32 Å². The van der Waals surface area contributed by atoms with E-state index in [-0.39, 0.29) is 11.5 Å². The van der Waals surface area contributed by atoms with E-state index in [2.05, 4.69) is 12.2 Å². The normalized spacial score (nSPS) is 20.6. The maximum atomic E-state index is 9.54. The molecule has 0 spiro atoms. The van der Waals surface area contributed by atoms with Gasteiger partial charge in [-0.15, -0.1) is 0 Å². The fourth-order valence-corrected chi connectivity index (χ4v) is 2.67. The second-order valence-electron chi connectivity index (χ2n) is 5.42. The molecular weight excluding hydrogens is 214 g/mol. The molecule has 1 aromatic rings. The molecule has 1 aliphatic carbocycles. The lowest BCUT2D eigenvalue weighted by molar-refractivity contribution is 0.124. The molecule has 0 bridgehead atoms. The molecule has 0 radical (unpaired) electrons. The zero-order valence-corrected chi connectivity index (χ0v) is 10.8. The van der Waals surface area contributed by atoms with Crippen LogP contribution >= 0.6 is 0 Å². The van der Waals surface area contributed by atoms with Gasteiger partial charge >= 0.3 is 0 Å². The second kappa shape index (κ2) is 5.23. The van der Waals surface area contributed by atoms with Crippen molar-refractivity contribution in [3.05, 3.63) is 23.7 Å². The summed E-state index contributed by atoms with van der Waals surface area (Å²) in [7, 11) is 0. The topological polar surface area (TPSA) is 45.4 Å². The van der Waals surface area contributed by atoms with Gasteiger partial charge in [-0.3, -0.25) is 0 Å². The number of hydrogen-bond acceptors (Lipinski definition) is 3. The first-order valence-electron chi connectivity index (χ1n) is 6.56. The molecule has 1 saturated carbocycles. The maximum Gasteiger partial charge on any atom is 0.120 e. The van der Waals surface area contributed by atoms with Gasteiger partial charge in [0.25, 0.3) is 0 Å². The van der Waals surface area contributed by atoms with Crippen LogP contribution in [0.1, 0.15) is 50.2 Å². The van der Waals surface area contributed by atoms with Gasteiger partial charge in [0.1, 0.15) is 11.5 Å². The highest BCUT2D eigenvalue weighted by atomic mass is 16.3. The van der Waals surface area contributed by atoms with Crippen molar-refractivity contribution in [2.24, 2.45) is 5.41 Å². The Hall–Kier alpha value is -0.800. The average Bonchev–Trinajstić information content (AvgIpc) is 2.95. The molecule has 1 aromatic heterocycles. The summed E-state index contributed by atoms with van der Waals surface area (Å²) in [4.78, 5) is 0. The molecule has 0 aliphatic heterocycles. The van der Waals surface area contributed by atoms with Gasteiger partial charge in [-0.2, -0.15) is 0 Å². The first kappa shape index (κ1) is 12.7. The molecule has 3 nitrogen and oxygen atoms in total. The highest BCUT2D eigenvalue weighted by Gasteiger charge is 2.33. The molecule has 0 saturated heterocycles. The van der Waals surface area contributed by atoms with Crippen LogP contribution in [0.4, 0.5) is 0 Å². The Morgan fingerprint density at radius 3 is 2.65 bits per heavy atom. The minimum absolute atomic E-state index is 0.107. The van der Waals surface area contributed by atoms with Crippen molar-refractivity contribution in [2.45, 2.75) is 45.6 Å². The zero-order valence-electron chi connectivity index (χ0n) is 10.8. The SMILES string of the molecule is Cc1ccc(C(C)NCC2(CO)CCCC2)o1. The van der Waals surface area contributed by atoms with Crippen LogP contribution in [0, 0.1) is 12.3 Å². The zero-order chi connectivity index (χ0) is 12.3. The van der Waals surface area contributed by atoms with E-state index in [1.807, 2.05) is 19.1 Å². The van der Waals surface area contributed by atoms with Gasteiger partial charge in [0.05, 0.1) is 6.04 Å². The van der Waals surface area contributed by atoms with E-state index in [1.54, 1.807) is 0 Å². The standard InChI is InChI=1S/C14H23NO2/c1-11-5-6-13(17-11)12(2)15-9-14(10-16)7-3-4-8-14/h5-6,12,15-16H,3-4,7-10H2,1-2H3. The Morgan fingerprint density at radius 1 is 1.41 bits per heavy atom. The molecule has 3 heteroatoms. The minimum Gasteiger partial charge on any atom is -0.465 e. The summed E-state index contributed by atoms with van der Waals surface area (Å²) in [6, 6.07) is 4.23. The summed E-state index contributed by atoms with van der Waals surface area (Å²) in [5, 5.41) is 13.0. The highest BCUT2D eigenvalue weighted by Crippen LogP contribution is 2.37. The number of hydrogen-bond donors (Lipinski definition) is 2. The number of furan rings is 1. The van der Waals surface area contributed by atoms with Crippen molar-refractivity contribution in [3.8, 4) is 0 Å². The Labute approximate surface area is 103 Å². The quantitative estimate of drug-likeness (QED) is 0.827. The largest absolute Gasteiger partial charge is 0.465 e. The Bertz CT molecular complexity index is 353. The predicted octanol–water partition coefficient (Wildman–Crippen LogP) is 2.79. The molecule has 1 aliphatic rings. The van der Waals surface area contributed by atoms with E-state index in [4.69, 9.17) is 4.42 Å². The molecule has 1 atom stereocenters. The fourth-order valence-electron chi connectivity index (χ4n) is 2.67. The van der Waals surface area contributed by atoms with E-state index in [1.165, 1.54) is 12.8 Å². The van der Waals surface area contributed by atoms with E-state index in [0.29, 0.717) is 6.61 Å². The molecule has 17 heavy (non-hydrogen) atoms. The first-order valence-corrected chi connectivity index (χ1v) is 6.56. The van der Waals surface area contributed by atoms with Crippen LogP contribution in [0.3, 0.4) is 0 Å². The maximum absolute atomic E-state index is 9.54. The lowest BCUT2D eigenvalue weighted by Crippen LogP contribution is -2.36. The van der Waals surface area contributed by atoms with Gasteiger partial charge in [-0.05, 0) is 38.8 Å². The summed E-state index contributed by atoms with van der Waals surface area (Å²) in [5.74, 6) is 1.93. The predicted molar refractivity (Wildman–Crippen MR) is 67.8 cm³/mol. The Balaban J connectivity index is 1.89. The average molecular weight is 237 g/mol. The lowest BCUT2D eigenvalue weighted by Gasteiger charge is -2.28. The van der Waals surface area contributed by atoms with Crippen molar-refractivity contribution >= 4 is 0 Å². The first-order chi connectivity index (χ1) is 8.15. The fraction of sp³-hybridized carbons (Fsp3) is 0.714. The minimum atomic E-state index is 0.107. The van der Waals surface area contributed by atoms with Crippen LogP contribution in [-0.2, 0) is 0 Å². The van der Waals surface area contributed by atoms with Crippen molar-refractivity contribution in [2.75, 3.05) is 13.2 Å². The molecule has 0 amide bonds. The van der Waals surface area contributed by atoms with E-state index in [9.17, 15) is 5.11 Å². The molecular formula is C14H23NO2. The molecule has 1 unspecified atom stereocenters. The van der Waals surface area contributed by atoms with Gasteiger partial charge in [0.15, 0.2) is 0 Å². The van der Waals surface area contributed by atoms with Crippen molar-refractivity contribution in [1.29, 1.82) is 0 Å². The van der Waals surface area contributed by atoms with Crippen molar-refractivity contribution < 1.29 is 9.52 Å². The number of aliphatic hydroxyl groups excluding tert-OH is 1. The summed E-state index contributed by atoms with van der Waals surface area (Å²) in [6.45, 7) is 5.25. The molecule has 1 fully saturated rings. The number of rotatable bonds is 5. The van der Waals surface area contributed by atoms with Crippen LogP contribution in [0.15, 0.2) is 16.5 Å². The Kier molecular flexibility index (Phi) is 3.89. The van der Waals surface area contributed by atoms with Crippen molar-refractivity contribution in [3.63, 3.8) is 0 Å². The lowest BCUT2D eigenvalue weighted by atomic mass is 9.87. The highest BCUT2D eigenvalue weighted by molar-refractivity contribution is 5.09. The van der Waals surface area contributed by atoms with Crippen LogP contribution in [-0.4, -0.2) is 18.3 Å².